The van der Waals surface area contributed by atoms with Gasteiger partial charge in [0.15, 0.2) is 0 Å². The molecule has 1 aliphatic carbocycles. The van der Waals surface area contributed by atoms with Gasteiger partial charge in [0.2, 0.25) is 0 Å². The van der Waals surface area contributed by atoms with Gasteiger partial charge < -0.3 is 15.0 Å². The maximum Gasteiger partial charge on any atom is 0.308 e. The summed E-state index contributed by atoms with van der Waals surface area (Å²) in [6.45, 7) is 4.52. The van der Waals surface area contributed by atoms with Gasteiger partial charge in [0.25, 0.3) is 0 Å². The third-order valence-electron chi connectivity index (χ3n) is 3.51. The Morgan fingerprint density at radius 2 is 2.17 bits per heavy atom. The Hall–Kier alpha value is -0.610. The summed E-state index contributed by atoms with van der Waals surface area (Å²) in [5.41, 5.74) is 0. The average Bonchev–Trinajstić information content (AvgIpc) is 2.35. The first kappa shape index (κ1) is 15.4. The first-order chi connectivity index (χ1) is 8.63. The van der Waals surface area contributed by atoms with Crippen molar-refractivity contribution in [2.75, 3.05) is 33.8 Å². The van der Waals surface area contributed by atoms with E-state index in [0.717, 1.165) is 38.8 Å². The second-order valence-electron chi connectivity index (χ2n) is 5.42. The maximum absolute atomic E-state index is 11.7. The van der Waals surface area contributed by atoms with Gasteiger partial charge >= 0.3 is 5.97 Å². The number of hydrogen-bond donors (Lipinski definition) is 1. The van der Waals surface area contributed by atoms with Crippen LogP contribution < -0.4 is 5.32 Å². The zero-order chi connectivity index (χ0) is 13.4. The van der Waals surface area contributed by atoms with Gasteiger partial charge in [-0.15, -0.1) is 0 Å². The van der Waals surface area contributed by atoms with E-state index in [9.17, 15) is 4.79 Å². The third kappa shape index (κ3) is 5.83. The highest BCUT2D eigenvalue weighted by Crippen LogP contribution is 2.25. The molecule has 2 atom stereocenters. The monoisotopic (exact) mass is 256 g/mol. The van der Waals surface area contributed by atoms with E-state index < -0.39 is 0 Å². The molecule has 4 heteroatoms. The molecule has 1 fully saturated rings. The number of carbonyl (C=O) groups excluding carboxylic acids is 1. The lowest BCUT2D eigenvalue weighted by atomic mass is 9.85. The SMILES string of the molecule is CCOC(=O)C1CCCC(NCCCN(C)C)C1. The summed E-state index contributed by atoms with van der Waals surface area (Å²) >= 11 is 0. The highest BCUT2D eigenvalue weighted by atomic mass is 16.5. The van der Waals surface area contributed by atoms with Crippen molar-refractivity contribution < 1.29 is 9.53 Å². The van der Waals surface area contributed by atoms with E-state index in [-0.39, 0.29) is 11.9 Å². The van der Waals surface area contributed by atoms with Crippen molar-refractivity contribution in [1.82, 2.24) is 10.2 Å². The quantitative estimate of drug-likeness (QED) is 0.555. The fourth-order valence-electron chi connectivity index (χ4n) is 2.55. The number of hydrogen-bond acceptors (Lipinski definition) is 4. The van der Waals surface area contributed by atoms with Crippen molar-refractivity contribution in [3.8, 4) is 0 Å². The summed E-state index contributed by atoms with van der Waals surface area (Å²) in [7, 11) is 4.19. The second kappa shape index (κ2) is 8.48. The van der Waals surface area contributed by atoms with Gasteiger partial charge in [0.05, 0.1) is 12.5 Å². The molecule has 18 heavy (non-hydrogen) atoms. The largest absolute Gasteiger partial charge is 0.466 e. The van der Waals surface area contributed by atoms with Gasteiger partial charge in [0.1, 0.15) is 0 Å². The number of rotatable bonds is 7. The van der Waals surface area contributed by atoms with Crippen molar-refractivity contribution in [1.29, 1.82) is 0 Å². The van der Waals surface area contributed by atoms with Crippen LogP contribution >= 0.6 is 0 Å². The van der Waals surface area contributed by atoms with E-state index in [1.54, 1.807) is 0 Å². The molecule has 0 amide bonds. The zero-order valence-corrected chi connectivity index (χ0v) is 12.1. The van der Waals surface area contributed by atoms with Gasteiger partial charge in [-0.05, 0) is 59.8 Å². The molecule has 0 bridgehead atoms. The standard InChI is InChI=1S/C14H28N2O2/c1-4-18-14(17)12-7-5-8-13(11-12)15-9-6-10-16(2)3/h12-13,15H,4-11H2,1-3H3. The summed E-state index contributed by atoms with van der Waals surface area (Å²) in [6.07, 6.45) is 5.43. The van der Waals surface area contributed by atoms with Crippen LogP contribution in [0, 0.1) is 5.92 Å². The van der Waals surface area contributed by atoms with Crippen LogP contribution in [0.5, 0.6) is 0 Å². The van der Waals surface area contributed by atoms with Gasteiger partial charge in [-0.25, -0.2) is 0 Å². The molecule has 1 rings (SSSR count). The number of ether oxygens (including phenoxy) is 1. The molecule has 106 valence electrons. The molecular weight excluding hydrogens is 228 g/mol. The van der Waals surface area contributed by atoms with E-state index in [0.29, 0.717) is 12.6 Å². The van der Waals surface area contributed by atoms with Crippen LogP contribution in [0.3, 0.4) is 0 Å². The predicted molar refractivity (Wildman–Crippen MR) is 73.6 cm³/mol. The topological polar surface area (TPSA) is 41.6 Å². The fourth-order valence-corrected chi connectivity index (χ4v) is 2.55. The minimum atomic E-state index is -0.00251. The molecule has 0 heterocycles. The van der Waals surface area contributed by atoms with Gasteiger partial charge in [-0.1, -0.05) is 6.42 Å². The zero-order valence-electron chi connectivity index (χ0n) is 12.1. The second-order valence-corrected chi connectivity index (χ2v) is 5.42. The van der Waals surface area contributed by atoms with Crippen LogP contribution in [0.15, 0.2) is 0 Å². The molecule has 0 radical (unpaired) electrons. The third-order valence-corrected chi connectivity index (χ3v) is 3.51. The summed E-state index contributed by atoms with van der Waals surface area (Å²) in [5, 5.41) is 3.57. The Bertz CT molecular complexity index is 244. The Morgan fingerprint density at radius 3 is 2.83 bits per heavy atom. The lowest BCUT2D eigenvalue weighted by Crippen LogP contribution is -2.38. The van der Waals surface area contributed by atoms with E-state index in [4.69, 9.17) is 4.74 Å². The summed E-state index contributed by atoms with van der Waals surface area (Å²) in [6, 6.07) is 0.496. The van der Waals surface area contributed by atoms with Crippen molar-refractivity contribution in [2.45, 2.75) is 45.1 Å². The smallest absolute Gasteiger partial charge is 0.308 e. The highest BCUT2D eigenvalue weighted by molar-refractivity contribution is 5.72. The van der Waals surface area contributed by atoms with Gasteiger partial charge in [-0.3, -0.25) is 4.79 Å². The molecule has 0 aromatic heterocycles. The minimum Gasteiger partial charge on any atom is -0.466 e. The van der Waals surface area contributed by atoms with E-state index in [1.165, 1.54) is 6.42 Å². The molecule has 0 aromatic rings. The van der Waals surface area contributed by atoms with Crippen LogP contribution in [0.4, 0.5) is 0 Å². The van der Waals surface area contributed by atoms with Crippen LogP contribution in [-0.2, 0) is 9.53 Å². The maximum atomic E-state index is 11.7. The molecule has 0 saturated heterocycles. The average molecular weight is 256 g/mol. The number of nitrogens with one attached hydrogen (secondary N) is 1. The molecule has 4 nitrogen and oxygen atoms in total. The van der Waals surface area contributed by atoms with Crippen molar-refractivity contribution >= 4 is 5.97 Å². The molecule has 0 aliphatic heterocycles. The number of carbonyl (C=O) groups is 1. The summed E-state index contributed by atoms with van der Waals surface area (Å²) in [4.78, 5) is 13.9. The first-order valence-corrected chi connectivity index (χ1v) is 7.18. The Balaban J connectivity index is 2.20. The summed E-state index contributed by atoms with van der Waals surface area (Å²) < 4.78 is 5.11. The van der Waals surface area contributed by atoms with Gasteiger partial charge in [0, 0.05) is 6.04 Å². The number of nitrogens with zero attached hydrogens (tertiary/aromatic N) is 1. The highest BCUT2D eigenvalue weighted by Gasteiger charge is 2.27. The normalized spacial score (nSPS) is 24.2. The Morgan fingerprint density at radius 1 is 1.39 bits per heavy atom. The van der Waals surface area contributed by atoms with Crippen LogP contribution in [0.2, 0.25) is 0 Å². The van der Waals surface area contributed by atoms with Gasteiger partial charge in [-0.2, -0.15) is 0 Å². The molecular formula is C14H28N2O2. The molecule has 1 N–H and O–H groups in total. The summed E-state index contributed by atoms with van der Waals surface area (Å²) in [5.74, 6) is 0.113. The molecule has 2 unspecified atom stereocenters. The van der Waals surface area contributed by atoms with Crippen LogP contribution in [0.25, 0.3) is 0 Å². The molecule has 1 aliphatic rings. The fraction of sp³-hybridized carbons (Fsp3) is 0.929. The Kier molecular flexibility index (Phi) is 7.28. The lowest BCUT2D eigenvalue weighted by Gasteiger charge is -2.28. The van der Waals surface area contributed by atoms with Crippen molar-refractivity contribution in [2.24, 2.45) is 5.92 Å². The molecule has 1 saturated carbocycles. The van der Waals surface area contributed by atoms with E-state index in [2.05, 4.69) is 24.3 Å². The number of esters is 1. The molecule has 0 aromatic carbocycles. The van der Waals surface area contributed by atoms with Crippen molar-refractivity contribution in [3.05, 3.63) is 0 Å². The van der Waals surface area contributed by atoms with E-state index >= 15 is 0 Å². The minimum absolute atomic E-state index is 0.00251. The lowest BCUT2D eigenvalue weighted by molar-refractivity contribution is -0.149. The van der Waals surface area contributed by atoms with E-state index in [1.807, 2.05) is 6.92 Å². The van der Waals surface area contributed by atoms with Crippen LogP contribution in [-0.4, -0.2) is 50.7 Å². The first-order valence-electron chi connectivity index (χ1n) is 7.18. The Labute approximate surface area is 111 Å². The van der Waals surface area contributed by atoms with Crippen molar-refractivity contribution in [3.63, 3.8) is 0 Å². The predicted octanol–water partition coefficient (Wildman–Crippen LogP) is 1.65. The van der Waals surface area contributed by atoms with Crippen LogP contribution in [0.1, 0.15) is 39.0 Å². The molecule has 0 spiro atoms.